The third-order valence-corrected chi connectivity index (χ3v) is 32.3. The molecule has 0 saturated heterocycles. The molecule has 0 unspecified atom stereocenters. The second-order valence-electron chi connectivity index (χ2n) is 5.90. The molecule has 0 aromatic heterocycles. The molecule has 0 spiro atoms. The summed E-state index contributed by atoms with van der Waals surface area (Å²) < 4.78 is 3.87. The van der Waals surface area contributed by atoms with Crippen LogP contribution in [0.1, 0.15) is 40.5 Å². The van der Waals surface area contributed by atoms with Crippen LogP contribution in [0.5, 0.6) is 0 Å². The van der Waals surface area contributed by atoms with E-state index in [4.69, 9.17) is 0 Å². The van der Waals surface area contributed by atoms with E-state index in [1.165, 1.54) is 12.8 Å². The molecule has 2 rings (SSSR count). The Labute approximate surface area is 145 Å². The molecule has 0 saturated carbocycles. The predicted molar refractivity (Wildman–Crippen MR) is 79.6 cm³/mol. The average molecular weight is 451 g/mol. The second-order valence-corrected chi connectivity index (χ2v) is 33.9. The fourth-order valence-electron chi connectivity index (χ4n) is 3.09. The van der Waals surface area contributed by atoms with E-state index in [1.807, 2.05) is 6.56 Å². The smallest absolute Gasteiger partial charge is 1.00 e. The van der Waals surface area contributed by atoms with E-state index in [2.05, 4.69) is 51.4 Å². The van der Waals surface area contributed by atoms with Crippen molar-refractivity contribution in [2.24, 2.45) is 0 Å². The quantitative estimate of drug-likeness (QED) is 0.479. The van der Waals surface area contributed by atoms with Gasteiger partial charge in [0.1, 0.15) is 0 Å². The minimum Gasteiger partial charge on any atom is -1.00 e. The molecule has 0 N–H and O–H groups in total. The zero-order valence-corrected chi connectivity index (χ0v) is 19.4. The summed E-state index contributed by atoms with van der Waals surface area (Å²) in [5.41, 5.74) is 6.47. The van der Waals surface area contributed by atoms with Crippen LogP contribution in [0.25, 0.3) is 0 Å². The van der Waals surface area contributed by atoms with Crippen LogP contribution in [-0.4, -0.2) is 9.98 Å². The van der Waals surface area contributed by atoms with Gasteiger partial charge in [0.05, 0.1) is 0 Å². The minimum absolute atomic E-state index is 0. The van der Waals surface area contributed by atoms with Gasteiger partial charge in [0.2, 0.25) is 0 Å². The maximum Gasteiger partial charge on any atom is -1.00 e. The largest absolute Gasteiger partial charge is 1.00 e. The molecule has 110 valence electrons. The Morgan fingerprint density at radius 2 is 1.60 bits per heavy atom. The molecule has 0 nitrogen and oxygen atoms in total. The summed E-state index contributed by atoms with van der Waals surface area (Å²) in [5.74, 6) is 5.24. The normalized spacial score (nSPS) is 17.1. The first kappa shape index (κ1) is 21.0. The monoisotopic (exact) mass is 450 g/mol. The summed E-state index contributed by atoms with van der Waals surface area (Å²) >= 11 is -1.45. The molecule has 0 radical (unpaired) electrons. The van der Waals surface area contributed by atoms with Crippen LogP contribution in [0.2, 0.25) is 11.5 Å². The van der Waals surface area contributed by atoms with Crippen LogP contribution in [0.4, 0.5) is 0 Å². The summed E-state index contributed by atoms with van der Waals surface area (Å²) in [4.78, 5) is 0. The van der Waals surface area contributed by atoms with Gasteiger partial charge in [-0.25, -0.2) is 0 Å². The molecule has 0 aliphatic heterocycles. The Balaban J connectivity index is 0.00000180. The third kappa shape index (κ3) is 4.25. The summed E-state index contributed by atoms with van der Waals surface area (Å²) in [6.45, 7) is 9.34. The van der Waals surface area contributed by atoms with Crippen molar-refractivity contribution in [3.05, 3.63) is 41.0 Å². The molecule has 4 heteroatoms. The molecule has 0 bridgehead atoms. The first-order valence-electron chi connectivity index (χ1n) is 6.83. The molecule has 0 fully saturated rings. The first-order chi connectivity index (χ1) is 8.41. The minimum atomic E-state index is -1.45. The standard InChI is InChI=1S/2C7H9.C2H6Ge.2ClH.Zr/c1-6-3-4-7(2)5-6;1-6-4-3-5-7(6)2;1-3-2;;;/h5H,3H2,1-2H3;4H,3H2,1-2H3;1-2H3;2*1H;/q;;;;;+2/p-2. The van der Waals surface area contributed by atoms with Crippen LogP contribution in [0.3, 0.4) is 0 Å². The number of hydrogen-bond acceptors (Lipinski definition) is 0. The Bertz CT molecular complexity index is 559. The van der Waals surface area contributed by atoms with Gasteiger partial charge in [0.25, 0.3) is 0 Å². The zero-order valence-electron chi connectivity index (χ0n) is 13.3. The van der Waals surface area contributed by atoms with E-state index in [0.29, 0.717) is 0 Å². The molecule has 20 heavy (non-hydrogen) atoms. The molecule has 0 aromatic carbocycles. The zero-order chi connectivity index (χ0) is 13.4. The van der Waals surface area contributed by atoms with Gasteiger partial charge in [0, 0.05) is 0 Å². The van der Waals surface area contributed by atoms with Crippen molar-refractivity contribution in [2.75, 3.05) is 0 Å². The van der Waals surface area contributed by atoms with E-state index in [0.717, 1.165) is 0 Å². The predicted octanol–water partition coefficient (Wildman–Crippen LogP) is -0.888. The Kier molecular flexibility index (Phi) is 8.97. The molecule has 2 aliphatic rings. The van der Waals surface area contributed by atoms with Gasteiger partial charge in [-0.3, -0.25) is 0 Å². The van der Waals surface area contributed by atoms with E-state index < -0.39 is 28.6 Å². The van der Waals surface area contributed by atoms with Crippen molar-refractivity contribution in [3.8, 4) is 0 Å². The van der Waals surface area contributed by atoms with Crippen molar-refractivity contribution >= 4 is 9.98 Å². The first-order valence-corrected chi connectivity index (χ1v) is 20.9. The number of rotatable bonds is 2. The maximum atomic E-state index is 2.62. The summed E-state index contributed by atoms with van der Waals surface area (Å²) in [6.07, 6.45) is 7.52. The van der Waals surface area contributed by atoms with Crippen molar-refractivity contribution in [3.63, 3.8) is 0 Å². The van der Waals surface area contributed by atoms with Crippen LogP contribution in [0.15, 0.2) is 41.0 Å². The van der Waals surface area contributed by atoms with Crippen molar-refractivity contribution < 1.29 is 43.4 Å². The molecular formula is C16H24Cl2GeZr. The number of hydrogen-bond donors (Lipinski definition) is 0. The van der Waals surface area contributed by atoms with E-state index in [1.54, 1.807) is 22.3 Å². The topological polar surface area (TPSA) is 0 Å². The molecule has 0 atom stereocenters. The van der Waals surface area contributed by atoms with Gasteiger partial charge >= 0.3 is 122 Å². The van der Waals surface area contributed by atoms with Crippen molar-refractivity contribution in [2.45, 2.75) is 52.0 Å². The molecule has 0 amide bonds. The van der Waals surface area contributed by atoms with Crippen LogP contribution in [-0.2, 0) is 18.6 Å². The van der Waals surface area contributed by atoms with Gasteiger partial charge in [-0.15, -0.1) is 0 Å². The van der Waals surface area contributed by atoms with Crippen molar-refractivity contribution in [1.29, 1.82) is 0 Å². The fraction of sp³-hybridized carbons (Fsp3) is 0.500. The van der Waals surface area contributed by atoms with Gasteiger partial charge in [-0.05, 0) is 0 Å². The Morgan fingerprint density at radius 1 is 1.00 bits per heavy atom. The van der Waals surface area contributed by atoms with Gasteiger partial charge < -0.3 is 24.8 Å². The Morgan fingerprint density at radius 3 is 1.95 bits per heavy atom. The Hall–Kier alpha value is 0.966. The number of halogens is 2. The molecular weight excluding hydrogens is 427 g/mol. The van der Waals surface area contributed by atoms with Crippen molar-refractivity contribution in [1.82, 2.24) is 0 Å². The van der Waals surface area contributed by atoms with E-state index in [-0.39, 0.29) is 24.8 Å². The van der Waals surface area contributed by atoms with Gasteiger partial charge in [0.15, 0.2) is 0 Å². The summed E-state index contributed by atoms with van der Waals surface area (Å²) in [7, 11) is -0.789. The average Bonchev–Trinajstić information content (AvgIpc) is 2.76. The molecule has 0 aromatic rings. The number of allylic oxidation sites excluding steroid dienone is 8. The molecule has 0 heterocycles. The molecule has 2 aliphatic carbocycles. The summed E-state index contributed by atoms with van der Waals surface area (Å²) in [5, 5.41) is 0. The van der Waals surface area contributed by atoms with Gasteiger partial charge in [-0.2, -0.15) is 0 Å². The third-order valence-electron chi connectivity index (χ3n) is 4.15. The van der Waals surface area contributed by atoms with E-state index >= 15 is 0 Å². The fourth-order valence-corrected chi connectivity index (χ4v) is 33.5. The SMILES string of the molecule is CC1=CC(C)=[C]([Zr+2]([C]2=C(C)C(C)=CC2)=[Ge]([CH3])[CH3])C1.[Cl-].[Cl-]. The van der Waals surface area contributed by atoms with E-state index in [9.17, 15) is 0 Å². The van der Waals surface area contributed by atoms with Crippen LogP contribution in [0, 0.1) is 0 Å². The second kappa shape index (κ2) is 8.56. The maximum absolute atomic E-state index is 2.62. The summed E-state index contributed by atoms with van der Waals surface area (Å²) in [6, 6.07) is 0. The van der Waals surface area contributed by atoms with Gasteiger partial charge in [-0.1, -0.05) is 0 Å². The van der Waals surface area contributed by atoms with Crippen LogP contribution < -0.4 is 24.8 Å². The van der Waals surface area contributed by atoms with Crippen LogP contribution >= 0.6 is 0 Å².